The highest BCUT2D eigenvalue weighted by molar-refractivity contribution is 7.15. The highest BCUT2D eigenvalue weighted by atomic mass is 32.1. The van der Waals surface area contributed by atoms with Crippen molar-refractivity contribution in [1.29, 1.82) is 0 Å². The Hall–Kier alpha value is -0.610. The lowest BCUT2D eigenvalue weighted by molar-refractivity contribution is 0.321. The van der Waals surface area contributed by atoms with Crippen molar-refractivity contribution in [2.75, 3.05) is 11.9 Å². The molecule has 1 aliphatic carbocycles. The van der Waals surface area contributed by atoms with Crippen molar-refractivity contribution in [1.82, 2.24) is 4.98 Å². The predicted octanol–water partition coefficient (Wildman–Crippen LogP) is 3.18. The third kappa shape index (κ3) is 2.69. The van der Waals surface area contributed by atoms with Crippen LogP contribution in [0.15, 0.2) is 0 Å². The minimum atomic E-state index is 0.620. The second-order valence-corrected chi connectivity index (χ2v) is 6.43. The summed E-state index contributed by atoms with van der Waals surface area (Å²) in [5.74, 6) is 0.777. The van der Waals surface area contributed by atoms with Gasteiger partial charge in [-0.15, -0.1) is 11.3 Å². The van der Waals surface area contributed by atoms with Gasteiger partial charge in [0.15, 0.2) is 5.13 Å². The molecule has 4 heteroatoms. The summed E-state index contributed by atoms with van der Waals surface area (Å²) in [6.45, 7) is 5.15. The van der Waals surface area contributed by atoms with Crippen LogP contribution in [-0.2, 0) is 13.0 Å². The maximum Gasteiger partial charge on any atom is 0.185 e. The smallest absolute Gasteiger partial charge is 0.185 e. The molecule has 1 aromatic heterocycles. The van der Waals surface area contributed by atoms with E-state index in [-0.39, 0.29) is 0 Å². The van der Waals surface area contributed by atoms with Gasteiger partial charge in [0.25, 0.3) is 0 Å². The van der Waals surface area contributed by atoms with Crippen molar-refractivity contribution in [2.45, 2.75) is 58.5 Å². The van der Waals surface area contributed by atoms with E-state index in [1.165, 1.54) is 36.3 Å². The van der Waals surface area contributed by atoms with Crippen molar-refractivity contribution in [2.24, 2.45) is 11.7 Å². The van der Waals surface area contributed by atoms with Crippen LogP contribution in [0.4, 0.5) is 5.13 Å². The zero-order chi connectivity index (χ0) is 13.1. The van der Waals surface area contributed by atoms with Crippen LogP contribution in [0, 0.1) is 5.92 Å². The van der Waals surface area contributed by atoms with E-state index in [9.17, 15) is 0 Å². The first-order chi connectivity index (χ1) is 8.67. The Bertz CT molecular complexity index is 367. The molecular weight excluding hydrogens is 242 g/mol. The molecule has 1 saturated carbocycles. The number of rotatable bonds is 4. The van der Waals surface area contributed by atoms with Crippen LogP contribution in [-0.4, -0.2) is 18.1 Å². The molecule has 1 fully saturated rings. The summed E-state index contributed by atoms with van der Waals surface area (Å²) >= 11 is 1.78. The van der Waals surface area contributed by atoms with E-state index in [2.05, 4.69) is 25.8 Å². The Morgan fingerprint density at radius 1 is 1.39 bits per heavy atom. The Morgan fingerprint density at radius 2 is 2.11 bits per heavy atom. The molecule has 2 N–H and O–H groups in total. The standard InChI is InChI=1S/C14H25N3S/c1-4-11-13(9-15)18-14(16-11)17(3)12-8-6-5-7-10(12)2/h10,12H,4-9,15H2,1-3H3. The van der Waals surface area contributed by atoms with Crippen molar-refractivity contribution >= 4 is 16.5 Å². The van der Waals surface area contributed by atoms with Gasteiger partial charge in [0, 0.05) is 24.5 Å². The van der Waals surface area contributed by atoms with Crippen LogP contribution < -0.4 is 10.6 Å². The molecule has 0 radical (unpaired) electrons. The maximum absolute atomic E-state index is 5.80. The summed E-state index contributed by atoms with van der Waals surface area (Å²) < 4.78 is 0. The van der Waals surface area contributed by atoms with Gasteiger partial charge in [0.05, 0.1) is 5.69 Å². The molecule has 1 heterocycles. The van der Waals surface area contributed by atoms with Crippen LogP contribution in [0.2, 0.25) is 0 Å². The monoisotopic (exact) mass is 267 g/mol. The highest BCUT2D eigenvalue weighted by Crippen LogP contribution is 2.33. The number of aromatic nitrogens is 1. The lowest BCUT2D eigenvalue weighted by Gasteiger charge is -2.36. The summed E-state index contributed by atoms with van der Waals surface area (Å²) in [7, 11) is 2.20. The van der Waals surface area contributed by atoms with Gasteiger partial charge in [-0.05, 0) is 25.2 Å². The lowest BCUT2D eigenvalue weighted by atomic mass is 9.85. The van der Waals surface area contributed by atoms with Crippen molar-refractivity contribution < 1.29 is 0 Å². The largest absolute Gasteiger partial charge is 0.348 e. The van der Waals surface area contributed by atoms with E-state index in [4.69, 9.17) is 10.7 Å². The number of aryl methyl sites for hydroxylation is 1. The maximum atomic E-state index is 5.80. The van der Waals surface area contributed by atoms with Gasteiger partial charge in [-0.3, -0.25) is 0 Å². The molecule has 2 rings (SSSR count). The average Bonchev–Trinajstić information content (AvgIpc) is 2.81. The summed E-state index contributed by atoms with van der Waals surface area (Å²) in [5, 5.41) is 1.16. The van der Waals surface area contributed by atoms with E-state index < -0.39 is 0 Å². The van der Waals surface area contributed by atoms with Crippen LogP contribution in [0.3, 0.4) is 0 Å². The van der Waals surface area contributed by atoms with Crippen molar-refractivity contribution in [3.05, 3.63) is 10.6 Å². The van der Waals surface area contributed by atoms with Crippen LogP contribution >= 0.6 is 11.3 Å². The van der Waals surface area contributed by atoms with Gasteiger partial charge >= 0.3 is 0 Å². The summed E-state index contributed by atoms with van der Waals surface area (Å²) in [5.41, 5.74) is 6.99. The van der Waals surface area contributed by atoms with Gasteiger partial charge in [0.1, 0.15) is 0 Å². The van der Waals surface area contributed by atoms with Crippen LogP contribution in [0.25, 0.3) is 0 Å². The fourth-order valence-corrected chi connectivity index (χ4v) is 4.02. The zero-order valence-electron chi connectivity index (χ0n) is 11.8. The molecule has 102 valence electrons. The minimum absolute atomic E-state index is 0.620. The minimum Gasteiger partial charge on any atom is -0.348 e. The fourth-order valence-electron chi connectivity index (χ4n) is 2.97. The fraction of sp³-hybridized carbons (Fsp3) is 0.786. The normalized spacial score (nSPS) is 24.2. The number of thiazole rings is 1. The first-order valence-electron chi connectivity index (χ1n) is 7.08. The lowest BCUT2D eigenvalue weighted by Crippen LogP contribution is -2.38. The Balaban J connectivity index is 2.16. The van der Waals surface area contributed by atoms with Gasteiger partial charge < -0.3 is 10.6 Å². The first-order valence-corrected chi connectivity index (χ1v) is 7.90. The van der Waals surface area contributed by atoms with Crippen molar-refractivity contribution in [3.8, 4) is 0 Å². The number of nitrogens with zero attached hydrogens (tertiary/aromatic N) is 2. The van der Waals surface area contributed by atoms with E-state index in [1.54, 1.807) is 11.3 Å². The number of anilines is 1. The molecule has 18 heavy (non-hydrogen) atoms. The molecule has 0 aromatic carbocycles. The summed E-state index contributed by atoms with van der Waals surface area (Å²) in [4.78, 5) is 8.42. The number of nitrogens with two attached hydrogens (primary N) is 1. The molecule has 1 aliphatic rings. The Labute approximate surface area is 114 Å². The molecule has 3 nitrogen and oxygen atoms in total. The van der Waals surface area contributed by atoms with E-state index in [0.29, 0.717) is 12.6 Å². The third-order valence-electron chi connectivity index (χ3n) is 4.15. The van der Waals surface area contributed by atoms with Crippen LogP contribution in [0.5, 0.6) is 0 Å². The van der Waals surface area contributed by atoms with Gasteiger partial charge in [-0.1, -0.05) is 26.7 Å². The molecule has 0 saturated heterocycles. The molecule has 2 unspecified atom stereocenters. The third-order valence-corrected chi connectivity index (χ3v) is 5.36. The molecule has 0 amide bonds. The SMILES string of the molecule is CCc1nc(N(C)C2CCCCC2C)sc1CN. The Morgan fingerprint density at radius 3 is 2.67 bits per heavy atom. The predicted molar refractivity (Wildman–Crippen MR) is 79.2 cm³/mol. The molecule has 0 spiro atoms. The first kappa shape index (κ1) is 13.8. The second kappa shape index (κ2) is 6.02. The van der Waals surface area contributed by atoms with Crippen molar-refractivity contribution in [3.63, 3.8) is 0 Å². The van der Waals surface area contributed by atoms with E-state index in [1.807, 2.05) is 0 Å². The summed E-state index contributed by atoms with van der Waals surface area (Å²) in [6.07, 6.45) is 6.38. The van der Waals surface area contributed by atoms with Crippen LogP contribution in [0.1, 0.15) is 50.1 Å². The second-order valence-electron chi connectivity index (χ2n) is 5.36. The quantitative estimate of drug-likeness (QED) is 0.911. The average molecular weight is 267 g/mol. The van der Waals surface area contributed by atoms with Gasteiger partial charge in [0.2, 0.25) is 0 Å². The number of hydrogen-bond acceptors (Lipinski definition) is 4. The Kier molecular flexibility index (Phi) is 4.62. The highest BCUT2D eigenvalue weighted by Gasteiger charge is 2.27. The molecule has 1 aromatic rings. The molecule has 0 aliphatic heterocycles. The molecular formula is C14H25N3S. The summed E-state index contributed by atoms with van der Waals surface area (Å²) in [6, 6.07) is 0.653. The van der Waals surface area contributed by atoms with E-state index in [0.717, 1.165) is 17.5 Å². The zero-order valence-corrected chi connectivity index (χ0v) is 12.6. The van der Waals surface area contributed by atoms with Gasteiger partial charge in [-0.2, -0.15) is 0 Å². The van der Waals surface area contributed by atoms with Gasteiger partial charge in [-0.25, -0.2) is 4.98 Å². The van der Waals surface area contributed by atoms with E-state index >= 15 is 0 Å². The number of hydrogen-bond donors (Lipinski definition) is 1. The molecule has 0 bridgehead atoms. The molecule has 2 atom stereocenters. The topological polar surface area (TPSA) is 42.2 Å².